The maximum atomic E-state index is 11.0. The van der Waals surface area contributed by atoms with Crippen molar-refractivity contribution >= 4 is 17.0 Å². The Bertz CT molecular complexity index is 719. The van der Waals surface area contributed by atoms with Gasteiger partial charge in [0.15, 0.2) is 0 Å². The summed E-state index contributed by atoms with van der Waals surface area (Å²) in [6.45, 7) is 0. The highest BCUT2D eigenvalue weighted by atomic mass is 16.4. The molecule has 0 aliphatic rings. The van der Waals surface area contributed by atoms with Crippen molar-refractivity contribution in [1.29, 1.82) is 0 Å². The summed E-state index contributed by atoms with van der Waals surface area (Å²) >= 11 is 0. The number of pyridine rings is 1. The van der Waals surface area contributed by atoms with E-state index >= 15 is 0 Å². The Hall–Kier alpha value is -2.69. The summed E-state index contributed by atoms with van der Waals surface area (Å²) < 4.78 is 1.77. The fourth-order valence-corrected chi connectivity index (χ4v) is 1.82. The van der Waals surface area contributed by atoms with E-state index in [-0.39, 0.29) is 5.56 Å². The average molecular weight is 239 g/mol. The highest BCUT2D eigenvalue weighted by Crippen LogP contribution is 2.18. The molecule has 0 saturated carbocycles. The van der Waals surface area contributed by atoms with Crippen LogP contribution in [-0.2, 0) is 0 Å². The Morgan fingerprint density at radius 1 is 1.17 bits per heavy atom. The molecule has 1 N–H and O–H groups in total. The number of carboxylic acids is 1. The maximum Gasteiger partial charge on any atom is 0.335 e. The van der Waals surface area contributed by atoms with Crippen molar-refractivity contribution in [2.24, 2.45) is 0 Å². The van der Waals surface area contributed by atoms with Crippen molar-refractivity contribution in [3.05, 3.63) is 54.5 Å². The second-order valence-corrected chi connectivity index (χ2v) is 3.81. The Balaban J connectivity index is 2.24. The van der Waals surface area contributed by atoms with E-state index in [0.29, 0.717) is 5.82 Å². The molecular formula is C13H9N3O2. The van der Waals surface area contributed by atoms with Crippen LogP contribution < -0.4 is 0 Å². The molecule has 0 fully saturated rings. The lowest BCUT2D eigenvalue weighted by molar-refractivity contribution is 0.0697. The van der Waals surface area contributed by atoms with Gasteiger partial charge >= 0.3 is 5.97 Å². The minimum Gasteiger partial charge on any atom is -0.478 e. The topological polar surface area (TPSA) is 68.0 Å². The molecule has 3 aromatic rings. The standard InChI is InChI=1S/C13H9N3O2/c17-13(18)9-4-5-10-11(7-9)16(8-15-10)12-3-1-2-6-14-12/h1-8H,(H,17,18). The highest BCUT2D eigenvalue weighted by molar-refractivity contribution is 5.92. The van der Waals surface area contributed by atoms with Crippen molar-refractivity contribution in [2.75, 3.05) is 0 Å². The predicted molar refractivity (Wildman–Crippen MR) is 65.8 cm³/mol. The molecule has 0 saturated heterocycles. The SMILES string of the molecule is O=C(O)c1ccc2ncn(-c3ccccn3)c2c1. The van der Waals surface area contributed by atoms with Crippen LogP contribution in [0.25, 0.3) is 16.9 Å². The highest BCUT2D eigenvalue weighted by Gasteiger charge is 2.09. The molecule has 3 rings (SSSR count). The van der Waals surface area contributed by atoms with Crippen LogP contribution in [0.3, 0.4) is 0 Å². The summed E-state index contributed by atoms with van der Waals surface area (Å²) in [5, 5.41) is 9.00. The van der Waals surface area contributed by atoms with Gasteiger partial charge in [0.2, 0.25) is 0 Å². The molecule has 0 amide bonds. The molecule has 0 aliphatic carbocycles. The van der Waals surface area contributed by atoms with Crippen LogP contribution in [-0.4, -0.2) is 25.6 Å². The van der Waals surface area contributed by atoms with E-state index in [4.69, 9.17) is 5.11 Å². The number of hydrogen-bond donors (Lipinski definition) is 1. The van der Waals surface area contributed by atoms with E-state index in [2.05, 4.69) is 9.97 Å². The third kappa shape index (κ3) is 1.62. The van der Waals surface area contributed by atoms with Gasteiger partial charge in [-0.05, 0) is 30.3 Å². The molecule has 5 heteroatoms. The zero-order valence-corrected chi connectivity index (χ0v) is 9.32. The monoisotopic (exact) mass is 239 g/mol. The van der Waals surface area contributed by atoms with E-state index in [1.54, 1.807) is 35.3 Å². The predicted octanol–water partition coefficient (Wildman–Crippen LogP) is 2.12. The van der Waals surface area contributed by atoms with Crippen molar-refractivity contribution in [1.82, 2.24) is 14.5 Å². The fraction of sp³-hybridized carbons (Fsp3) is 0. The van der Waals surface area contributed by atoms with Gasteiger partial charge < -0.3 is 5.11 Å². The molecule has 0 bridgehead atoms. The van der Waals surface area contributed by atoms with Crippen molar-refractivity contribution in [3.8, 4) is 5.82 Å². The normalized spacial score (nSPS) is 10.7. The van der Waals surface area contributed by atoms with Crippen molar-refractivity contribution in [3.63, 3.8) is 0 Å². The molecule has 0 radical (unpaired) electrons. The van der Waals surface area contributed by atoms with Gasteiger partial charge in [0.25, 0.3) is 0 Å². The Kier molecular flexibility index (Phi) is 2.30. The van der Waals surface area contributed by atoms with Gasteiger partial charge in [-0.15, -0.1) is 0 Å². The third-order valence-electron chi connectivity index (χ3n) is 2.69. The largest absolute Gasteiger partial charge is 0.478 e. The molecule has 0 unspecified atom stereocenters. The smallest absolute Gasteiger partial charge is 0.335 e. The number of aromatic nitrogens is 3. The lowest BCUT2D eigenvalue weighted by Gasteiger charge is -2.02. The summed E-state index contributed by atoms with van der Waals surface area (Å²) in [6.07, 6.45) is 3.32. The number of nitrogens with zero attached hydrogens (tertiary/aromatic N) is 3. The maximum absolute atomic E-state index is 11.0. The van der Waals surface area contributed by atoms with Crippen LogP contribution in [0.15, 0.2) is 48.9 Å². The minimum atomic E-state index is -0.953. The number of rotatable bonds is 2. The van der Waals surface area contributed by atoms with Gasteiger partial charge in [-0.1, -0.05) is 6.07 Å². The summed E-state index contributed by atoms with van der Waals surface area (Å²) in [5.41, 5.74) is 1.71. The van der Waals surface area contributed by atoms with Crippen LogP contribution >= 0.6 is 0 Å². The molecule has 88 valence electrons. The lowest BCUT2D eigenvalue weighted by atomic mass is 10.2. The van der Waals surface area contributed by atoms with E-state index in [1.807, 2.05) is 18.2 Å². The number of benzene rings is 1. The van der Waals surface area contributed by atoms with Gasteiger partial charge in [0, 0.05) is 6.20 Å². The lowest BCUT2D eigenvalue weighted by Crippen LogP contribution is -1.98. The molecule has 2 aromatic heterocycles. The number of carboxylic acid groups (broad SMARTS) is 1. The molecule has 0 aliphatic heterocycles. The van der Waals surface area contributed by atoms with Gasteiger partial charge in [-0.3, -0.25) is 4.57 Å². The summed E-state index contributed by atoms with van der Waals surface area (Å²) in [5.74, 6) is -0.242. The van der Waals surface area contributed by atoms with Crippen LogP contribution in [0.2, 0.25) is 0 Å². The Morgan fingerprint density at radius 2 is 2.06 bits per heavy atom. The van der Waals surface area contributed by atoms with Crippen LogP contribution in [0, 0.1) is 0 Å². The van der Waals surface area contributed by atoms with E-state index in [1.165, 1.54) is 0 Å². The van der Waals surface area contributed by atoms with E-state index in [0.717, 1.165) is 11.0 Å². The van der Waals surface area contributed by atoms with Crippen LogP contribution in [0.5, 0.6) is 0 Å². The van der Waals surface area contributed by atoms with Crippen LogP contribution in [0.4, 0.5) is 0 Å². The van der Waals surface area contributed by atoms with Crippen LogP contribution in [0.1, 0.15) is 10.4 Å². The second-order valence-electron chi connectivity index (χ2n) is 3.81. The number of fused-ring (bicyclic) bond motifs is 1. The van der Waals surface area contributed by atoms with Gasteiger partial charge in [0.05, 0.1) is 16.6 Å². The summed E-state index contributed by atoms with van der Waals surface area (Å²) in [4.78, 5) is 19.4. The van der Waals surface area contributed by atoms with Gasteiger partial charge in [0.1, 0.15) is 12.1 Å². The number of carbonyl (C=O) groups is 1. The molecule has 18 heavy (non-hydrogen) atoms. The molecule has 5 nitrogen and oxygen atoms in total. The number of aromatic carboxylic acids is 1. The quantitative estimate of drug-likeness (QED) is 0.743. The second kappa shape index (κ2) is 3.96. The fourth-order valence-electron chi connectivity index (χ4n) is 1.82. The Morgan fingerprint density at radius 3 is 2.78 bits per heavy atom. The zero-order valence-electron chi connectivity index (χ0n) is 9.32. The summed E-state index contributed by atoms with van der Waals surface area (Å²) in [6, 6.07) is 10.4. The molecule has 0 spiro atoms. The molecule has 0 atom stereocenters. The first-order valence-corrected chi connectivity index (χ1v) is 5.37. The third-order valence-corrected chi connectivity index (χ3v) is 2.69. The Labute approximate surface area is 102 Å². The van der Waals surface area contributed by atoms with Crippen molar-refractivity contribution < 1.29 is 9.90 Å². The number of hydrogen-bond acceptors (Lipinski definition) is 3. The molecular weight excluding hydrogens is 230 g/mol. The first-order chi connectivity index (χ1) is 8.75. The minimum absolute atomic E-state index is 0.236. The van der Waals surface area contributed by atoms with E-state index in [9.17, 15) is 4.79 Å². The molecule has 2 heterocycles. The first kappa shape index (κ1) is 10.5. The first-order valence-electron chi connectivity index (χ1n) is 5.37. The summed E-state index contributed by atoms with van der Waals surface area (Å²) in [7, 11) is 0. The average Bonchev–Trinajstić information content (AvgIpc) is 2.82. The van der Waals surface area contributed by atoms with Crippen molar-refractivity contribution in [2.45, 2.75) is 0 Å². The van der Waals surface area contributed by atoms with Gasteiger partial charge in [-0.2, -0.15) is 0 Å². The zero-order chi connectivity index (χ0) is 12.5. The van der Waals surface area contributed by atoms with E-state index < -0.39 is 5.97 Å². The molecule has 1 aromatic carbocycles. The number of imidazole rings is 1. The van der Waals surface area contributed by atoms with Gasteiger partial charge in [-0.25, -0.2) is 14.8 Å².